The van der Waals surface area contributed by atoms with Crippen LogP contribution in [0.2, 0.25) is 0 Å². The van der Waals surface area contributed by atoms with E-state index in [4.69, 9.17) is 5.73 Å². The van der Waals surface area contributed by atoms with Crippen LogP contribution in [0.4, 0.5) is 5.69 Å². The van der Waals surface area contributed by atoms with Crippen LogP contribution in [0.1, 0.15) is 12.5 Å². The second-order valence-corrected chi connectivity index (χ2v) is 6.10. The molecule has 1 rings (SSSR count). The maximum Gasteiger partial charge on any atom is 0.281 e. The molecule has 96 valence electrons. The van der Waals surface area contributed by atoms with Crippen molar-refractivity contribution in [2.75, 3.05) is 26.4 Å². The maximum absolute atomic E-state index is 12.0. The van der Waals surface area contributed by atoms with Crippen molar-refractivity contribution in [1.82, 2.24) is 8.61 Å². The Labute approximate surface area is 103 Å². The zero-order valence-electron chi connectivity index (χ0n) is 10.4. The van der Waals surface area contributed by atoms with Crippen molar-refractivity contribution in [1.29, 1.82) is 0 Å². The van der Waals surface area contributed by atoms with Crippen LogP contribution in [0.25, 0.3) is 0 Å². The second kappa shape index (κ2) is 5.48. The molecule has 17 heavy (non-hydrogen) atoms. The largest absolute Gasteiger partial charge is 0.399 e. The van der Waals surface area contributed by atoms with E-state index in [-0.39, 0.29) is 0 Å². The molecular weight excluding hydrogens is 238 g/mol. The fourth-order valence-corrected chi connectivity index (χ4v) is 2.58. The summed E-state index contributed by atoms with van der Waals surface area (Å²) in [6.45, 7) is 2.57. The summed E-state index contributed by atoms with van der Waals surface area (Å²) >= 11 is 0. The van der Waals surface area contributed by atoms with Crippen LogP contribution in [0.3, 0.4) is 0 Å². The van der Waals surface area contributed by atoms with Crippen LogP contribution in [0.5, 0.6) is 0 Å². The van der Waals surface area contributed by atoms with Crippen LogP contribution in [-0.2, 0) is 16.8 Å². The quantitative estimate of drug-likeness (QED) is 0.797. The van der Waals surface area contributed by atoms with Gasteiger partial charge in [-0.15, -0.1) is 0 Å². The molecule has 5 nitrogen and oxygen atoms in total. The van der Waals surface area contributed by atoms with Crippen molar-refractivity contribution in [2.24, 2.45) is 0 Å². The molecule has 0 aliphatic heterocycles. The van der Waals surface area contributed by atoms with Crippen LogP contribution >= 0.6 is 0 Å². The predicted molar refractivity (Wildman–Crippen MR) is 69.5 cm³/mol. The van der Waals surface area contributed by atoms with Gasteiger partial charge in [0.15, 0.2) is 0 Å². The number of nitrogens with zero attached hydrogens (tertiary/aromatic N) is 2. The number of rotatable bonds is 5. The van der Waals surface area contributed by atoms with Gasteiger partial charge in [-0.1, -0.05) is 19.1 Å². The van der Waals surface area contributed by atoms with Crippen LogP contribution in [0, 0.1) is 0 Å². The fourth-order valence-electron chi connectivity index (χ4n) is 1.48. The summed E-state index contributed by atoms with van der Waals surface area (Å²) in [4.78, 5) is 0. The molecule has 0 aliphatic rings. The third-order valence-corrected chi connectivity index (χ3v) is 4.41. The summed E-state index contributed by atoms with van der Waals surface area (Å²) in [6.07, 6.45) is 0. The Morgan fingerprint density at radius 2 is 1.94 bits per heavy atom. The normalized spacial score (nSPS) is 12.3. The topological polar surface area (TPSA) is 66.6 Å². The highest BCUT2D eigenvalue weighted by atomic mass is 32.2. The molecule has 1 aromatic rings. The highest BCUT2D eigenvalue weighted by Crippen LogP contribution is 2.13. The van der Waals surface area contributed by atoms with Gasteiger partial charge in [-0.05, 0) is 17.7 Å². The van der Waals surface area contributed by atoms with E-state index in [2.05, 4.69) is 0 Å². The molecule has 0 amide bonds. The number of benzene rings is 1. The molecule has 2 N–H and O–H groups in total. The van der Waals surface area contributed by atoms with Crippen LogP contribution in [-0.4, -0.2) is 37.7 Å². The number of anilines is 1. The lowest BCUT2D eigenvalue weighted by Crippen LogP contribution is -2.39. The highest BCUT2D eigenvalue weighted by Gasteiger charge is 2.22. The molecule has 0 spiro atoms. The van der Waals surface area contributed by atoms with Crippen molar-refractivity contribution in [3.05, 3.63) is 29.8 Å². The third kappa shape index (κ3) is 3.42. The molecule has 0 radical (unpaired) electrons. The SMILES string of the molecule is CCN(Cc1cccc(N)c1)S(=O)(=O)N(C)C. The van der Waals surface area contributed by atoms with Gasteiger partial charge in [0.25, 0.3) is 10.2 Å². The fraction of sp³-hybridized carbons (Fsp3) is 0.455. The Bertz CT molecular complexity index is 471. The van der Waals surface area contributed by atoms with Crippen molar-refractivity contribution >= 4 is 15.9 Å². The average Bonchev–Trinajstić information content (AvgIpc) is 2.25. The molecule has 6 heteroatoms. The Balaban J connectivity index is 2.92. The standard InChI is InChI=1S/C11H19N3O2S/c1-4-14(17(15,16)13(2)3)9-10-6-5-7-11(12)8-10/h5-8H,4,9,12H2,1-3H3. The van der Waals surface area contributed by atoms with Gasteiger partial charge >= 0.3 is 0 Å². The lowest BCUT2D eigenvalue weighted by molar-refractivity contribution is 0.382. The number of nitrogens with two attached hydrogens (primary N) is 1. The molecule has 0 heterocycles. The lowest BCUT2D eigenvalue weighted by atomic mass is 10.2. The summed E-state index contributed by atoms with van der Waals surface area (Å²) in [7, 11) is -0.324. The summed E-state index contributed by atoms with van der Waals surface area (Å²) in [6, 6.07) is 7.25. The van der Waals surface area contributed by atoms with E-state index in [1.54, 1.807) is 12.1 Å². The van der Waals surface area contributed by atoms with E-state index in [0.29, 0.717) is 18.8 Å². The first-order valence-electron chi connectivity index (χ1n) is 5.40. The Morgan fingerprint density at radius 3 is 2.41 bits per heavy atom. The number of hydrogen-bond acceptors (Lipinski definition) is 3. The molecule has 0 saturated carbocycles. The Hall–Kier alpha value is -1.11. The summed E-state index contributed by atoms with van der Waals surface area (Å²) in [5, 5.41) is 0. The Kier molecular flexibility index (Phi) is 4.50. The maximum atomic E-state index is 12.0. The molecule has 1 aromatic carbocycles. The monoisotopic (exact) mass is 257 g/mol. The smallest absolute Gasteiger partial charge is 0.281 e. The van der Waals surface area contributed by atoms with Gasteiger partial charge in [0.05, 0.1) is 0 Å². The molecule has 0 saturated heterocycles. The zero-order chi connectivity index (χ0) is 13.1. The number of hydrogen-bond donors (Lipinski definition) is 1. The van der Waals surface area contributed by atoms with Gasteiger partial charge in [-0.25, -0.2) is 0 Å². The predicted octanol–water partition coefficient (Wildman–Crippen LogP) is 0.897. The summed E-state index contributed by atoms with van der Waals surface area (Å²) in [5.74, 6) is 0. The van der Waals surface area contributed by atoms with Crippen molar-refractivity contribution in [3.8, 4) is 0 Å². The van der Waals surface area contributed by atoms with Crippen molar-refractivity contribution in [2.45, 2.75) is 13.5 Å². The van der Waals surface area contributed by atoms with Gasteiger partial charge in [0.1, 0.15) is 0 Å². The molecule has 0 aliphatic carbocycles. The lowest BCUT2D eigenvalue weighted by Gasteiger charge is -2.24. The van der Waals surface area contributed by atoms with E-state index < -0.39 is 10.2 Å². The van der Waals surface area contributed by atoms with Gasteiger partial charge in [0.2, 0.25) is 0 Å². The third-order valence-electron chi connectivity index (χ3n) is 2.45. The van der Waals surface area contributed by atoms with Crippen LogP contribution < -0.4 is 5.73 Å². The minimum atomic E-state index is -3.37. The first-order valence-corrected chi connectivity index (χ1v) is 6.79. The molecule has 0 bridgehead atoms. The minimum Gasteiger partial charge on any atom is -0.399 e. The first kappa shape index (κ1) is 14.0. The van der Waals surface area contributed by atoms with E-state index >= 15 is 0 Å². The van der Waals surface area contributed by atoms with E-state index in [9.17, 15) is 8.42 Å². The van der Waals surface area contributed by atoms with E-state index in [1.165, 1.54) is 22.7 Å². The van der Waals surface area contributed by atoms with Gasteiger partial charge in [-0.3, -0.25) is 0 Å². The molecular formula is C11H19N3O2S. The first-order chi connectivity index (χ1) is 7.87. The van der Waals surface area contributed by atoms with Gasteiger partial charge < -0.3 is 5.73 Å². The second-order valence-electron chi connectivity index (χ2n) is 3.96. The Morgan fingerprint density at radius 1 is 1.29 bits per heavy atom. The van der Waals surface area contributed by atoms with Crippen molar-refractivity contribution in [3.63, 3.8) is 0 Å². The molecule has 0 unspecified atom stereocenters. The van der Waals surface area contributed by atoms with Crippen molar-refractivity contribution < 1.29 is 8.42 Å². The molecule has 0 atom stereocenters. The molecule has 0 fully saturated rings. The average molecular weight is 257 g/mol. The highest BCUT2D eigenvalue weighted by molar-refractivity contribution is 7.86. The summed E-state index contributed by atoms with van der Waals surface area (Å²) < 4.78 is 26.6. The van der Waals surface area contributed by atoms with Gasteiger partial charge in [0, 0.05) is 32.9 Å². The van der Waals surface area contributed by atoms with E-state index in [1.807, 2.05) is 19.1 Å². The zero-order valence-corrected chi connectivity index (χ0v) is 11.2. The minimum absolute atomic E-state index is 0.335. The van der Waals surface area contributed by atoms with Gasteiger partial charge in [-0.2, -0.15) is 17.0 Å². The summed E-state index contributed by atoms with van der Waals surface area (Å²) in [5.41, 5.74) is 7.19. The van der Waals surface area contributed by atoms with Crippen LogP contribution in [0.15, 0.2) is 24.3 Å². The molecule has 0 aromatic heterocycles. The van der Waals surface area contributed by atoms with E-state index in [0.717, 1.165) is 5.56 Å². The number of nitrogen functional groups attached to an aromatic ring is 1.